The van der Waals surface area contributed by atoms with Crippen molar-refractivity contribution in [3.8, 4) is 0 Å². The molecule has 1 saturated heterocycles. The van der Waals surface area contributed by atoms with E-state index in [4.69, 9.17) is 16.7 Å². The zero-order valence-corrected chi connectivity index (χ0v) is 16.2. The molecule has 1 N–H and O–H groups in total. The number of nitrogens with zero attached hydrogens (tertiary/aromatic N) is 3. The second kappa shape index (κ2) is 8.58. The van der Waals surface area contributed by atoms with Crippen molar-refractivity contribution in [3.05, 3.63) is 64.4 Å². The molecule has 0 spiro atoms. The fourth-order valence-corrected chi connectivity index (χ4v) is 3.25. The van der Waals surface area contributed by atoms with Crippen LogP contribution in [0.3, 0.4) is 0 Å². The molecule has 1 fully saturated rings. The first-order chi connectivity index (χ1) is 13.3. The lowest BCUT2D eigenvalue weighted by Gasteiger charge is -2.36. The largest absolute Gasteiger partial charge is 0.478 e. The molecular weight excluding hydrogens is 385 g/mol. The molecule has 148 valence electrons. The highest BCUT2D eigenvalue weighted by atomic mass is 35.5. The van der Waals surface area contributed by atoms with Crippen molar-refractivity contribution < 1.29 is 19.1 Å². The molecule has 8 heteroatoms. The van der Waals surface area contributed by atoms with Gasteiger partial charge in [0, 0.05) is 42.5 Å². The van der Waals surface area contributed by atoms with Crippen LogP contribution in [-0.2, 0) is 6.54 Å². The van der Waals surface area contributed by atoms with E-state index >= 15 is 0 Å². The average molecular weight is 406 g/mol. The van der Waals surface area contributed by atoms with E-state index in [-0.39, 0.29) is 23.7 Å². The van der Waals surface area contributed by atoms with Gasteiger partial charge in [0.25, 0.3) is 0 Å². The van der Waals surface area contributed by atoms with E-state index in [2.05, 4.69) is 4.90 Å². The van der Waals surface area contributed by atoms with Crippen molar-refractivity contribution in [2.24, 2.45) is 0 Å². The van der Waals surface area contributed by atoms with Gasteiger partial charge in [-0.15, -0.1) is 0 Å². The van der Waals surface area contributed by atoms with Crippen LogP contribution in [0.5, 0.6) is 0 Å². The van der Waals surface area contributed by atoms with Gasteiger partial charge in [-0.05, 0) is 37.4 Å². The van der Waals surface area contributed by atoms with Crippen molar-refractivity contribution in [1.29, 1.82) is 0 Å². The lowest BCUT2D eigenvalue weighted by Crippen LogP contribution is -2.52. The van der Waals surface area contributed by atoms with Crippen molar-refractivity contribution in [3.63, 3.8) is 0 Å². The van der Waals surface area contributed by atoms with Gasteiger partial charge in [-0.3, -0.25) is 4.90 Å². The average Bonchev–Trinajstić information content (AvgIpc) is 2.67. The molecule has 0 unspecified atom stereocenters. The number of benzene rings is 2. The smallest absolute Gasteiger partial charge is 0.335 e. The summed E-state index contributed by atoms with van der Waals surface area (Å²) in [6.07, 6.45) is 0. The molecule has 0 atom stereocenters. The Morgan fingerprint density at radius 2 is 1.86 bits per heavy atom. The number of rotatable bonds is 4. The number of amides is 2. The van der Waals surface area contributed by atoms with Crippen LogP contribution in [-0.4, -0.2) is 60.1 Å². The fraction of sp³-hybridized carbons (Fsp3) is 0.300. The van der Waals surface area contributed by atoms with E-state index in [0.717, 1.165) is 19.2 Å². The maximum Gasteiger partial charge on any atom is 0.335 e. The van der Waals surface area contributed by atoms with Crippen LogP contribution < -0.4 is 4.90 Å². The minimum atomic E-state index is -1.20. The van der Waals surface area contributed by atoms with Gasteiger partial charge >= 0.3 is 12.0 Å². The molecule has 28 heavy (non-hydrogen) atoms. The molecule has 0 aromatic heterocycles. The van der Waals surface area contributed by atoms with Gasteiger partial charge in [0.15, 0.2) is 0 Å². The summed E-state index contributed by atoms with van der Waals surface area (Å²) in [6, 6.07) is 10.3. The first kappa shape index (κ1) is 20.1. The number of hydrogen-bond acceptors (Lipinski definition) is 3. The minimum Gasteiger partial charge on any atom is -0.478 e. The molecule has 0 bridgehead atoms. The van der Waals surface area contributed by atoms with Gasteiger partial charge < -0.3 is 14.9 Å². The van der Waals surface area contributed by atoms with Crippen LogP contribution in [0.25, 0.3) is 0 Å². The van der Waals surface area contributed by atoms with Gasteiger partial charge in [-0.2, -0.15) is 0 Å². The maximum absolute atomic E-state index is 14.5. The molecule has 6 nitrogen and oxygen atoms in total. The standard InChI is InChI=1S/C20H21ClFN3O3/c1-23-7-9-24(10-8-23)20(28)25(17-4-2-3-16(21)12-17)13-15-6-5-14(19(26)27)11-18(15)22/h2-6,11-12H,7-10,13H2,1H3,(H,26,27). The molecule has 1 heterocycles. The Balaban J connectivity index is 1.90. The minimum absolute atomic E-state index is 0.0305. The van der Waals surface area contributed by atoms with E-state index < -0.39 is 11.8 Å². The number of carbonyl (C=O) groups is 2. The molecule has 2 amide bonds. The Morgan fingerprint density at radius 3 is 2.46 bits per heavy atom. The van der Waals surface area contributed by atoms with Crippen molar-refractivity contribution in [2.45, 2.75) is 6.54 Å². The molecule has 2 aromatic rings. The number of hydrogen-bond donors (Lipinski definition) is 1. The van der Waals surface area contributed by atoms with E-state index in [9.17, 15) is 14.0 Å². The second-order valence-corrected chi connectivity index (χ2v) is 7.19. The van der Waals surface area contributed by atoms with Crippen molar-refractivity contribution in [1.82, 2.24) is 9.80 Å². The third-order valence-electron chi connectivity index (χ3n) is 4.75. The van der Waals surface area contributed by atoms with E-state index in [1.165, 1.54) is 17.0 Å². The molecule has 3 rings (SSSR count). The number of anilines is 1. The summed E-state index contributed by atoms with van der Waals surface area (Å²) in [5.41, 5.74) is 0.645. The Labute approximate surface area is 167 Å². The van der Waals surface area contributed by atoms with Crippen LogP contribution in [0.2, 0.25) is 5.02 Å². The maximum atomic E-state index is 14.5. The number of aromatic carboxylic acids is 1. The summed E-state index contributed by atoms with van der Waals surface area (Å²) in [7, 11) is 2.00. The number of halogens is 2. The Morgan fingerprint density at radius 1 is 1.14 bits per heavy atom. The van der Waals surface area contributed by atoms with E-state index in [1.54, 1.807) is 29.2 Å². The number of carbonyl (C=O) groups excluding carboxylic acids is 1. The highest BCUT2D eigenvalue weighted by molar-refractivity contribution is 6.30. The van der Waals surface area contributed by atoms with Crippen molar-refractivity contribution in [2.75, 3.05) is 38.1 Å². The third kappa shape index (κ3) is 4.61. The van der Waals surface area contributed by atoms with E-state index in [0.29, 0.717) is 23.8 Å². The predicted molar refractivity (Wildman–Crippen MR) is 105 cm³/mol. The molecule has 0 aliphatic carbocycles. The van der Waals surface area contributed by atoms with Gasteiger partial charge in [0.1, 0.15) is 5.82 Å². The predicted octanol–water partition coefficient (Wildman–Crippen LogP) is 3.55. The lowest BCUT2D eigenvalue weighted by atomic mass is 10.1. The fourth-order valence-electron chi connectivity index (χ4n) is 3.06. The zero-order valence-electron chi connectivity index (χ0n) is 15.4. The summed E-state index contributed by atoms with van der Waals surface area (Å²) in [5, 5.41) is 9.48. The monoisotopic (exact) mass is 405 g/mol. The molecule has 1 aliphatic heterocycles. The first-order valence-electron chi connectivity index (χ1n) is 8.87. The number of urea groups is 1. The van der Waals surface area contributed by atoms with Crippen LogP contribution in [0.15, 0.2) is 42.5 Å². The highest BCUT2D eigenvalue weighted by Crippen LogP contribution is 2.24. The SMILES string of the molecule is CN1CCN(C(=O)N(Cc2ccc(C(=O)O)cc2F)c2cccc(Cl)c2)CC1. The highest BCUT2D eigenvalue weighted by Gasteiger charge is 2.26. The summed E-state index contributed by atoms with van der Waals surface area (Å²) in [6.45, 7) is 2.64. The number of carboxylic acids is 1. The number of likely N-dealkylation sites (N-methyl/N-ethyl adjacent to an activating group) is 1. The Hall–Kier alpha value is -2.64. The lowest BCUT2D eigenvalue weighted by molar-refractivity contribution is 0.0696. The van der Waals surface area contributed by atoms with Gasteiger partial charge in [-0.25, -0.2) is 14.0 Å². The van der Waals surface area contributed by atoms with Crippen molar-refractivity contribution >= 4 is 29.3 Å². The topological polar surface area (TPSA) is 64.1 Å². The van der Waals surface area contributed by atoms with E-state index in [1.807, 2.05) is 7.05 Å². The zero-order chi connectivity index (χ0) is 20.3. The second-order valence-electron chi connectivity index (χ2n) is 6.75. The molecule has 0 saturated carbocycles. The first-order valence-corrected chi connectivity index (χ1v) is 9.25. The number of piperazine rings is 1. The third-order valence-corrected chi connectivity index (χ3v) is 4.99. The summed E-state index contributed by atoms with van der Waals surface area (Å²) >= 11 is 6.09. The molecule has 2 aromatic carbocycles. The summed E-state index contributed by atoms with van der Waals surface area (Å²) < 4.78 is 14.5. The van der Waals surface area contributed by atoms with Gasteiger partial charge in [0.05, 0.1) is 12.1 Å². The van der Waals surface area contributed by atoms with Gasteiger partial charge in [0.2, 0.25) is 0 Å². The van der Waals surface area contributed by atoms with Crippen LogP contribution in [0.1, 0.15) is 15.9 Å². The Kier molecular flexibility index (Phi) is 6.16. The summed E-state index contributed by atoms with van der Waals surface area (Å²) in [4.78, 5) is 29.5. The van der Waals surface area contributed by atoms with Crippen LogP contribution in [0, 0.1) is 5.82 Å². The quantitative estimate of drug-likeness (QED) is 0.844. The van der Waals surface area contributed by atoms with Crippen LogP contribution >= 0.6 is 11.6 Å². The summed E-state index contributed by atoms with van der Waals surface area (Å²) in [5.74, 6) is -1.87. The molecule has 0 radical (unpaired) electrons. The molecular formula is C20H21ClFN3O3. The number of carboxylic acid groups (broad SMARTS) is 1. The Bertz CT molecular complexity index is 885. The van der Waals surface area contributed by atoms with Crippen LogP contribution in [0.4, 0.5) is 14.9 Å². The molecule has 1 aliphatic rings. The van der Waals surface area contributed by atoms with Gasteiger partial charge in [-0.1, -0.05) is 23.7 Å². The normalized spacial score (nSPS) is 14.8.